The number of carbonyl (C=O) groups is 1. The third-order valence-corrected chi connectivity index (χ3v) is 3.62. The summed E-state index contributed by atoms with van der Waals surface area (Å²) in [6, 6.07) is 6.19. The van der Waals surface area contributed by atoms with Gasteiger partial charge in [-0.15, -0.1) is 0 Å². The molecule has 0 saturated carbocycles. The van der Waals surface area contributed by atoms with Gasteiger partial charge in [0.1, 0.15) is 5.69 Å². The van der Waals surface area contributed by atoms with Crippen LogP contribution in [-0.2, 0) is 4.79 Å². The number of piperidine rings is 1. The van der Waals surface area contributed by atoms with E-state index in [9.17, 15) is 14.9 Å². The lowest BCUT2D eigenvalue weighted by Crippen LogP contribution is -2.38. The number of rotatable bonds is 4. The Morgan fingerprint density at radius 2 is 2.05 bits per heavy atom. The van der Waals surface area contributed by atoms with Crippen LogP contribution < -0.4 is 5.32 Å². The molecule has 0 aromatic heterocycles. The quantitative estimate of drug-likeness (QED) is 0.676. The summed E-state index contributed by atoms with van der Waals surface area (Å²) < 4.78 is 0. The number of nitro groups is 1. The lowest BCUT2D eigenvalue weighted by atomic mass is 9.99. The van der Waals surface area contributed by atoms with Gasteiger partial charge < -0.3 is 5.32 Å². The zero-order valence-corrected chi connectivity index (χ0v) is 11.5. The molecule has 1 fully saturated rings. The minimum atomic E-state index is -0.488. The maximum absolute atomic E-state index is 12.0. The van der Waals surface area contributed by atoms with Crippen LogP contribution >= 0.6 is 0 Å². The molecule has 1 saturated heterocycles. The standard InChI is InChI=1S/C14H19N3O3/c1-11-6-8-16(9-7-11)10-14(18)15-12-4-2-3-5-13(12)17(19)20/h2-5,11H,6-10H2,1H3,(H,15,18). The molecule has 1 amide bonds. The maximum atomic E-state index is 12.0. The van der Waals surface area contributed by atoms with Crippen molar-refractivity contribution in [2.75, 3.05) is 25.0 Å². The molecule has 1 N–H and O–H groups in total. The van der Waals surface area contributed by atoms with E-state index in [1.807, 2.05) is 0 Å². The highest BCUT2D eigenvalue weighted by molar-refractivity contribution is 5.94. The zero-order valence-electron chi connectivity index (χ0n) is 11.5. The van der Waals surface area contributed by atoms with Crippen molar-refractivity contribution in [3.63, 3.8) is 0 Å². The number of amides is 1. The van der Waals surface area contributed by atoms with Crippen molar-refractivity contribution in [2.45, 2.75) is 19.8 Å². The van der Waals surface area contributed by atoms with E-state index >= 15 is 0 Å². The van der Waals surface area contributed by atoms with Crippen molar-refractivity contribution in [1.29, 1.82) is 0 Å². The molecule has 1 heterocycles. The van der Waals surface area contributed by atoms with E-state index in [2.05, 4.69) is 17.1 Å². The smallest absolute Gasteiger partial charge is 0.292 e. The SMILES string of the molecule is CC1CCN(CC(=O)Nc2ccccc2[N+](=O)[O-])CC1. The van der Waals surface area contributed by atoms with Crippen LogP contribution in [0.1, 0.15) is 19.8 Å². The first-order valence-electron chi connectivity index (χ1n) is 6.82. The molecule has 6 heteroatoms. The van der Waals surface area contributed by atoms with Gasteiger partial charge in [-0.2, -0.15) is 0 Å². The maximum Gasteiger partial charge on any atom is 0.292 e. The van der Waals surface area contributed by atoms with Crippen LogP contribution in [0.5, 0.6) is 0 Å². The number of anilines is 1. The van der Waals surface area contributed by atoms with Crippen molar-refractivity contribution < 1.29 is 9.72 Å². The topological polar surface area (TPSA) is 75.5 Å². The largest absolute Gasteiger partial charge is 0.319 e. The Bertz CT molecular complexity index is 496. The van der Waals surface area contributed by atoms with Crippen LogP contribution in [-0.4, -0.2) is 35.4 Å². The summed E-state index contributed by atoms with van der Waals surface area (Å²) in [5.41, 5.74) is 0.181. The summed E-state index contributed by atoms with van der Waals surface area (Å²) in [5.74, 6) is 0.512. The van der Waals surface area contributed by atoms with Crippen LogP contribution in [0.4, 0.5) is 11.4 Å². The molecule has 0 aliphatic carbocycles. The Balaban J connectivity index is 1.93. The summed E-state index contributed by atoms with van der Waals surface area (Å²) in [7, 11) is 0. The van der Waals surface area contributed by atoms with Crippen molar-refractivity contribution in [2.24, 2.45) is 5.92 Å². The predicted molar refractivity (Wildman–Crippen MR) is 76.6 cm³/mol. The van der Waals surface area contributed by atoms with E-state index < -0.39 is 4.92 Å². The summed E-state index contributed by atoms with van der Waals surface area (Å²) in [5, 5.41) is 13.5. The van der Waals surface area contributed by atoms with Gasteiger partial charge in [-0.3, -0.25) is 19.8 Å². The fourth-order valence-electron chi connectivity index (χ4n) is 2.35. The normalized spacial score (nSPS) is 16.9. The lowest BCUT2D eigenvalue weighted by molar-refractivity contribution is -0.383. The highest BCUT2D eigenvalue weighted by Crippen LogP contribution is 2.23. The minimum absolute atomic E-state index is 0.0758. The number of likely N-dealkylation sites (tertiary alicyclic amines) is 1. The van der Waals surface area contributed by atoms with E-state index in [1.165, 1.54) is 6.07 Å². The molecular weight excluding hydrogens is 258 g/mol. The number of para-hydroxylation sites is 2. The van der Waals surface area contributed by atoms with Gasteiger partial charge in [-0.1, -0.05) is 19.1 Å². The van der Waals surface area contributed by atoms with Crippen molar-refractivity contribution in [3.05, 3.63) is 34.4 Å². The Labute approximate surface area is 117 Å². The van der Waals surface area contributed by atoms with E-state index in [0.29, 0.717) is 12.5 Å². The molecular formula is C14H19N3O3. The predicted octanol–water partition coefficient (Wildman–Crippen LogP) is 2.27. The van der Waals surface area contributed by atoms with Crippen LogP contribution in [0, 0.1) is 16.0 Å². The van der Waals surface area contributed by atoms with E-state index in [4.69, 9.17) is 0 Å². The number of nitrogens with zero attached hydrogens (tertiary/aromatic N) is 2. The molecule has 1 aromatic rings. The van der Waals surface area contributed by atoms with Gasteiger partial charge in [0, 0.05) is 6.07 Å². The van der Waals surface area contributed by atoms with Gasteiger partial charge in [0.25, 0.3) is 5.69 Å². The summed E-state index contributed by atoms with van der Waals surface area (Å²) in [4.78, 5) is 24.4. The second kappa shape index (κ2) is 6.47. The monoisotopic (exact) mass is 277 g/mol. The molecule has 2 rings (SSSR count). The third kappa shape index (κ3) is 3.77. The lowest BCUT2D eigenvalue weighted by Gasteiger charge is -2.29. The molecule has 0 spiro atoms. The zero-order chi connectivity index (χ0) is 14.5. The highest BCUT2D eigenvalue weighted by Gasteiger charge is 2.19. The van der Waals surface area contributed by atoms with Crippen molar-refractivity contribution in [1.82, 2.24) is 4.90 Å². The number of hydrogen-bond donors (Lipinski definition) is 1. The molecule has 20 heavy (non-hydrogen) atoms. The second-order valence-electron chi connectivity index (χ2n) is 5.28. The van der Waals surface area contributed by atoms with Gasteiger partial charge in [0.15, 0.2) is 0 Å². The molecule has 0 unspecified atom stereocenters. The number of hydrogen-bond acceptors (Lipinski definition) is 4. The van der Waals surface area contributed by atoms with Crippen LogP contribution in [0.25, 0.3) is 0 Å². The van der Waals surface area contributed by atoms with E-state index in [1.54, 1.807) is 18.2 Å². The van der Waals surface area contributed by atoms with Gasteiger partial charge in [-0.25, -0.2) is 0 Å². The first-order valence-corrected chi connectivity index (χ1v) is 6.82. The fourth-order valence-corrected chi connectivity index (χ4v) is 2.35. The number of nitrogens with one attached hydrogen (secondary N) is 1. The average Bonchev–Trinajstić information content (AvgIpc) is 2.41. The number of benzene rings is 1. The van der Waals surface area contributed by atoms with Crippen molar-refractivity contribution >= 4 is 17.3 Å². The van der Waals surface area contributed by atoms with Crippen LogP contribution in [0.3, 0.4) is 0 Å². The molecule has 108 valence electrons. The number of carbonyl (C=O) groups excluding carboxylic acids is 1. The summed E-state index contributed by atoms with van der Waals surface area (Å²) in [6.07, 6.45) is 2.19. The van der Waals surface area contributed by atoms with E-state index in [-0.39, 0.29) is 17.3 Å². The average molecular weight is 277 g/mol. The third-order valence-electron chi connectivity index (χ3n) is 3.62. The van der Waals surface area contributed by atoms with Crippen LogP contribution in [0.2, 0.25) is 0 Å². The molecule has 6 nitrogen and oxygen atoms in total. The van der Waals surface area contributed by atoms with Gasteiger partial charge in [-0.05, 0) is 37.9 Å². The minimum Gasteiger partial charge on any atom is -0.319 e. The van der Waals surface area contributed by atoms with Gasteiger partial charge >= 0.3 is 0 Å². The highest BCUT2D eigenvalue weighted by atomic mass is 16.6. The molecule has 0 radical (unpaired) electrons. The Morgan fingerprint density at radius 3 is 2.70 bits per heavy atom. The van der Waals surface area contributed by atoms with E-state index in [0.717, 1.165) is 25.9 Å². The molecule has 0 atom stereocenters. The van der Waals surface area contributed by atoms with Gasteiger partial charge in [0.2, 0.25) is 5.91 Å². The first kappa shape index (κ1) is 14.5. The summed E-state index contributed by atoms with van der Waals surface area (Å²) >= 11 is 0. The molecule has 1 aliphatic heterocycles. The van der Waals surface area contributed by atoms with Crippen LogP contribution in [0.15, 0.2) is 24.3 Å². The fraction of sp³-hybridized carbons (Fsp3) is 0.500. The first-order chi connectivity index (χ1) is 9.56. The summed E-state index contributed by atoms with van der Waals surface area (Å²) in [6.45, 7) is 4.32. The molecule has 1 aromatic carbocycles. The molecule has 1 aliphatic rings. The Morgan fingerprint density at radius 1 is 1.40 bits per heavy atom. The Hall–Kier alpha value is -1.95. The second-order valence-corrected chi connectivity index (χ2v) is 5.28. The Kier molecular flexibility index (Phi) is 4.68. The van der Waals surface area contributed by atoms with Crippen molar-refractivity contribution in [3.8, 4) is 0 Å². The number of nitro benzene ring substituents is 1. The van der Waals surface area contributed by atoms with Gasteiger partial charge in [0.05, 0.1) is 11.5 Å². The molecule has 0 bridgehead atoms.